The van der Waals surface area contributed by atoms with Gasteiger partial charge in [-0.15, -0.1) is 0 Å². The highest BCUT2D eigenvalue weighted by Gasteiger charge is 2.42. The lowest BCUT2D eigenvalue weighted by molar-refractivity contribution is -0.908. The number of quaternary nitrogens is 1. The van der Waals surface area contributed by atoms with Gasteiger partial charge in [0.1, 0.15) is 6.04 Å². The molecule has 0 spiro atoms. The van der Waals surface area contributed by atoms with Crippen molar-refractivity contribution < 1.29 is 14.8 Å². The van der Waals surface area contributed by atoms with Gasteiger partial charge in [0.2, 0.25) is 0 Å². The number of carboxylic acids is 1. The molecule has 3 atom stereocenters. The fourth-order valence-corrected chi connectivity index (χ4v) is 7.14. The number of hydrogen-bond donors (Lipinski definition) is 2. The third kappa shape index (κ3) is 6.44. The first-order valence-corrected chi connectivity index (χ1v) is 14.9. The molecule has 0 radical (unpaired) electrons. The molecule has 5 rings (SSSR count). The Kier molecular flexibility index (Phi) is 8.83. The number of carboxylic acid groups (broad SMARTS) is 1. The molecular weight excluding hydrogens is 484 g/mol. The number of nitrogens with one attached hydrogen (secondary N) is 1. The minimum atomic E-state index is -0.690. The van der Waals surface area contributed by atoms with Gasteiger partial charge in [0.15, 0.2) is 0 Å². The summed E-state index contributed by atoms with van der Waals surface area (Å²) in [4.78, 5) is 16.1. The first kappa shape index (κ1) is 27.6. The summed E-state index contributed by atoms with van der Waals surface area (Å²) in [6.45, 7) is 12.3. The van der Waals surface area contributed by atoms with Crippen LogP contribution in [0.15, 0.2) is 66.7 Å². The van der Waals surface area contributed by atoms with E-state index >= 15 is 0 Å². The minimum Gasteiger partial charge on any atom is -0.480 e. The number of aliphatic carboxylic acids is 1. The molecular formula is C33H45N4O2+. The maximum Gasteiger partial charge on any atom is 0.321 e. The zero-order valence-electron chi connectivity index (χ0n) is 23.8. The topological polar surface area (TPSA) is 62.8 Å². The molecule has 1 unspecified atom stereocenters. The summed E-state index contributed by atoms with van der Waals surface area (Å²) >= 11 is 0. The number of piperidine rings is 1. The molecule has 208 valence electrons. The third-order valence-electron chi connectivity index (χ3n) is 9.03. The number of likely N-dealkylation sites (tertiary alicyclic amines) is 2. The zero-order chi connectivity index (χ0) is 27.4. The molecule has 2 aliphatic heterocycles. The monoisotopic (exact) mass is 529 g/mol. The van der Waals surface area contributed by atoms with Crippen LogP contribution in [-0.4, -0.2) is 64.5 Å². The highest BCUT2D eigenvalue weighted by atomic mass is 16.4. The molecule has 0 aliphatic carbocycles. The quantitative estimate of drug-likeness (QED) is 0.416. The molecule has 0 saturated carbocycles. The van der Waals surface area contributed by atoms with Gasteiger partial charge in [-0.05, 0) is 30.0 Å². The Labute approximate surface area is 233 Å². The summed E-state index contributed by atoms with van der Waals surface area (Å²) in [5, 5.41) is 14.9. The second kappa shape index (κ2) is 12.5. The van der Waals surface area contributed by atoms with Gasteiger partial charge in [-0.1, -0.05) is 74.5 Å². The van der Waals surface area contributed by atoms with Gasteiger partial charge in [0, 0.05) is 62.3 Å². The van der Waals surface area contributed by atoms with Crippen molar-refractivity contribution in [3.63, 3.8) is 0 Å². The van der Waals surface area contributed by atoms with E-state index in [1.54, 1.807) is 4.90 Å². The number of aromatic nitrogens is 2. The Morgan fingerprint density at radius 3 is 2.31 bits per heavy atom. The van der Waals surface area contributed by atoms with Crippen molar-refractivity contribution in [2.45, 2.75) is 64.5 Å². The van der Waals surface area contributed by atoms with E-state index in [1.807, 2.05) is 13.8 Å². The van der Waals surface area contributed by atoms with Crippen molar-refractivity contribution in [1.82, 2.24) is 14.7 Å². The molecule has 0 amide bonds. The van der Waals surface area contributed by atoms with Gasteiger partial charge in [0.05, 0.1) is 25.3 Å². The average Bonchev–Trinajstić information content (AvgIpc) is 3.54. The molecule has 2 fully saturated rings. The standard InChI is InChI=1S/C33H44N4O2/c1-4-37-31(20-29(34-37)19-25-11-7-5-8-12-25)27-15-17-35(18-16-27)21-28-22-36(32(24(2)3)33(38)39)23-30(28)26-13-9-6-10-14-26/h5-14,20,24,27-28,30,32H,4,15-19,21-23H2,1-3H3,(H,38,39)/p+1/t28-,30?,32+/m0/s1. The lowest BCUT2D eigenvalue weighted by Gasteiger charge is -2.32. The van der Waals surface area contributed by atoms with E-state index in [2.05, 4.69) is 83.2 Å². The molecule has 2 saturated heterocycles. The van der Waals surface area contributed by atoms with Gasteiger partial charge in [0.25, 0.3) is 0 Å². The summed E-state index contributed by atoms with van der Waals surface area (Å²) in [5.74, 6) is 0.825. The largest absolute Gasteiger partial charge is 0.480 e. The van der Waals surface area contributed by atoms with Gasteiger partial charge < -0.3 is 10.0 Å². The smallest absolute Gasteiger partial charge is 0.321 e. The van der Waals surface area contributed by atoms with E-state index in [0.29, 0.717) is 17.8 Å². The number of hydrogen-bond acceptors (Lipinski definition) is 3. The summed E-state index contributed by atoms with van der Waals surface area (Å²) in [6.07, 6.45) is 3.25. The normalized spacial score (nSPS) is 24.7. The molecule has 39 heavy (non-hydrogen) atoms. The lowest BCUT2D eigenvalue weighted by Crippen LogP contribution is -3.13. The maximum absolute atomic E-state index is 12.1. The second-order valence-electron chi connectivity index (χ2n) is 12.0. The first-order valence-electron chi connectivity index (χ1n) is 14.9. The fourth-order valence-electron chi connectivity index (χ4n) is 7.14. The fraction of sp³-hybridized carbons (Fsp3) is 0.515. The van der Waals surface area contributed by atoms with Crippen LogP contribution >= 0.6 is 0 Å². The second-order valence-corrected chi connectivity index (χ2v) is 12.0. The van der Waals surface area contributed by atoms with Crippen LogP contribution in [0.25, 0.3) is 0 Å². The van der Waals surface area contributed by atoms with E-state index in [9.17, 15) is 9.90 Å². The molecule has 1 aromatic heterocycles. The molecule has 2 aromatic carbocycles. The molecule has 0 bridgehead atoms. The Morgan fingerprint density at radius 1 is 1.03 bits per heavy atom. The predicted molar refractivity (Wildman–Crippen MR) is 155 cm³/mol. The van der Waals surface area contributed by atoms with Crippen LogP contribution in [0.3, 0.4) is 0 Å². The number of aryl methyl sites for hydroxylation is 1. The molecule has 6 heteroatoms. The summed E-state index contributed by atoms with van der Waals surface area (Å²) in [5.41, 5.74) is 5.23. The molecule has 2 aliphatic rings. The summed E-state index contributed by atoms with van der Waals surface area (Å²) in [7, 11) is 0. The first-order chi connectivity index (χ1) is 18.9. The van der Waals surface area contributed by atoms with Gasteiger partial charge in [-0.25, -0.2) is 0 Å². The highest BCUT2D eigenvalue weighted by molar-refractivity contribution is 5.73. The molecule has 2 N–H and O–H groups in total. The van der Waals surface area contributed by atoms with E-state index in [4.69, 9.17) is 5.10 Å². The number of rotatable bonds is 10. The Morgan fingerprint density at radius 2 is 1.69 bits per heavy atom. The van der Waals surface area contributed by atoms with E-state index < -0.39 is 12.0 Å². The number of nitrogens with zero attached hydrogens (tertiary/aromatic N) is 3. The molecule has 3 aromatic rings. The maximum atomic E-state index is 12.1. The van der Waals surface area contributed by atoms with Crippen molar-refractivity contribution in [2.75, 3.05) is 32.7 Å². The third-order valence-corrected chi connectivity index (χ3v) is 9.03. The van der Waals surface area contributed by atoms with E-state index in [0.717, 1.165) is 45.7 Å². The van der Waals surface area contributed by atoms with Crippen LogP contribution in [0.4, 0.5) is 0 Å². The van der Waals surface area contributed by atoms with Crippen LogP contribution in [-0.2, 0) is 17.8 Å². The SMILES string of the molecule is CCn1nc(Cc2ccccc2)cc1C1CC[NH+](C[C@H]2CN([C@@H](C(=O)O)C(C)C)CC2c2ccccc2)CC1. The van der Waals surface area contributed by atoms with Gasteiger partial charge >= 0.3 is 5.97 Å². The van der Waals surface area contributed by atoms with Gasteiger partial charge in [-0.2, -0.15) is 5.10 Å². The van der Waals surface area contributed by atoms with Crippen LogP contribution < -0.4 is 4.90 Å². The van der Waals surface area contributed by atoms with Crippen LogP contribution in [0.2, 0.25) is 0 Å². The Bertz CT molecular complexity index is 1200. The molecule has 6 nitrogen and oxygen atoms in total. The van der Waals surface area contributed by atoms with Crippen LogP contribution in [0, 0.1) is 11.8 Å². The number of carbonyl (C=O) groups is 1. The van der Waals surface area contributed by atoms with Crippen molar-refractivity contribution >= 4 is 5.97 Å². The van der Waals surface area contributed by atoms with E-state index in [1.165, 1.54) is 35.4 Å². The van der Waals surface area contributed by atoms with Crippen LogP contribution in [0.5, 0.6) is 0 Å². The molecule has 3 heterocycles. The van der Waals surface area contributed by atoms with Crippen LogP contribution in [0.1, 0.15) is 68.0 Å². The van der Waals surface area contributed by atoms with E-state index in [-0.39, 0.29) is 5.92 Å². The summed E-state index contributed by atoms with van der Waals surface area (Å²) in [6, 6.07) is 23.3. The zero-order valence-corrected chi connectivity index (χ0v) is 23.8. The minimum absolute atomic E-state index is 0.0935. The predicted octanol–water partition coefficient (Wildman–Crippen LogP) is 4.08. The van der Waals surface area contributed by atoms with Crippen molar-refractivity contribution in [3.05, 3.63) is 89.2 Å². The van der Waals surface area contributed by atoms with Crippen molar-refractivity contribution in [3.8, 4) is 0 Å². The van der Waals surface area contributed by atoms with Gasteiger partial charge in [-0.3, -0.25) is 14.4 Å². The summed E-state index contributed by atoms with van der Waals surface area (Å²) < 4.78 is 2.23. The Balaban J connectivity index is 1.24. The highest BCUT2D eigenvalue weighted by Crippen LogP contribution is 2.35. The Hall–Kier alpha value is -2.96. The average molecular weight is 530 g/mol. The van der Waals surface area contributed by atoms with Crippen molar-refractivity contribution in [1.29, 1.82) is 0 Å². The lowest BCUT2D eigenvalue weighted by atomic mass is 9.87. The number of benzene rings is 2. The van der Waals surface area contributed by atoms with Crippen molar-refractivity contribution in [2.24, 2.45) is 11.8 Å².